The highest BCUT2D eigenvalue weighted by atomic mass is 127. The van der Waals surface area contributed by atoms with Gasteiger partial charge in [-0.15, -0.1) is 35.3 Å². The molecule has 152 valence electrons. The Kier molecular flexibility index (Phi) is 8.74. The number of guanidine groups is 1. The van der Waals surface area contributed by atoms with Crippen LogP contribution >= 0.6 is 35.3 Å². The summed E-state index contributed by atoms with van der Waals surface area (Å²) in [5, 5.41) is 4.41. The fraction of sp³-hybridized carbons (Fsp3) is 0.722. The van der Waals surface area contributed by atoms with E-state index in [0.29, 0.717) is 13.2 Å². The standard InChI is InChI=1S/C18H29N5O2S.HI/c1-4-19-18(20-12-16-21-13(2)14(3)26-16)23-9-7-22(8-10-23)17(24)15-6-5-11-25-15;/h15H,4-12H2,1-3H3,(H,19,20);1H. The number of amides is 1. The maximum absolute atomic E-state index is 12.5. The van der Waals surface area contributed by atoms with Crippen molar-refractivity contribution in [2.75, 3.05) is 39.3 Å². The van der Waals surface area contributed by atoms with Gasteiger partial charge >= 0.3 is 0 Å². The van der Waals surface area contributed by atoms with E-state index < -0.39 is 0 Å². The van der Waals surface area contributed by atoms with Gasteiger partial charge in [-0.25, -0.2) is 9.98 Å². The highest BCUT2D eigenvalue weighted by Crippen LogP contribution is 2.18. The van der Waals surface area contributed by atoms with Gasteiger partial charge in [-0.05, 0) is 33.6 Å². The molecule has 1 aromatic rings. The van der Waals surface area contributed by atoms with Gasteiger partial charge in [0, 0.05) is 44.2 Å². The molecule has 7 nitrogen and oxygen atoms in total. The zero-order chi connectivity index (χ0) is 18.5. The molecule has 9 heteroatoms. The third-order valence-corrected chi connectivity index (χ3v) is 5.93. The van der Waals surface area contributed by atoms with E-state index in [4.69, 9.17) is 9.73 Å². The second-order valence-corrected chi connectivity index (χ2v) is 8.02. The number of piperazine rings is 1. The summed E-state index contributed by atoms with van der Waals surface area (Å²) in [5.74, 6) is 1.06. The summed E-state index contributed by atoms with van der Waals surface area (Å²) in [6.07, 6.45) is 1.62. The van der Waals surface area contributed by atoms with Crippen molar-refractivity contribution < 1.29 is 9.53 Å². The number of nitrogens with one attached hydrogen (secondary N) is 1. The number of aryl methyl sites for hydroxylation is 2. The molecule has 1 N–H and O–H groups in total. The van der Waals surface area contributed by atoms with Crippen LogP contribution in [-0.4, -0.2) is 72.1 Å². The first-order valence-corrected chi connectivity index (χ1v) is 10.3. The molecule has 0 saturated carbocycles. The van der Waals surface area contributed by atoms with E-state index in [9.17, 15) is 4.79 Å². The third-order valence-electron chi connectivity index (χ3n) is 4.87. The van der Waals surface area contributed by atoms with Crippen LogP contribution in [-0.2, 0) is 16.1 Å². The fourth-order valence-corrected chi connectivity index (χ4v) is 4.15. The lowest BCUT2D eigenvalue weighted by Gasteiger charge is -2.37. The van der Waals surface area contributed by atoms with Crippen molar-refractivity contribution >= 4 is 47.2 Å². The van der Waals surface area contributed by atoms with Crippen LogP contribution in [0, 0.1) is 13.8 Å². The summed E-state index contributed by atoms with van der Waals surface area (Å²) >= 11 is 1.71. The van der Waals surface area contributed by atoms with Gasteiger partial charge in [-0.3, -0.25) is 4.79 Å². The predicted molar refractivity (Wildman–Crippen MR) is 119 cm³/mol. The number of ether oxygens (including phenoxy) is 1. The van der Waals surface area contributed by atoms with Crippen LogP contribution in [0.5, 0.6) is 0 Å². The summed E-state index contributed by atoms with van der Waals surface area (Å²) in [6, 6.07) is 0. The minimum Gasteiger partial charge on any atom is -0.368 e. The van der Waals surface area contributed by atoms with Crippen LogP contribution in [0.15, 0.2) is 4.99 Å². The Morgan fingerprint density at radius 3 is 2.56 bits per heavy atom. The lowest BCUT2D eigenvalue weighted by atomic mass is 10.2. The number of carbonyl (C=O) groups excluding carboxylic acids is 1. The van der Waals surface area contributed by atoms with Gasteiger partial charge in [-0.1, -0.05) is 0 Å². The van der Waals surface area contributed by atoms with Crippen LogP contribution in [0.1, 0.15) is 35.3 Å². The van der Waals surface area contributed by atoms with Crippen molar-refractivity contribution in [2.45, 2.75) is 46.3 Å². The summed E-state index contributed by atoms with van der Waals surface area (Å²) < 4.78 is 5.53. The van der Waals surface area contributed by atoms with E-state index in [0.717, 1.165) is 62.2 Å². The summed E-state index contributed by atoms with van der Waals surface area (Å²) in [6.45, 7) is 11.4. The van der Waals surface area contributed by atoms with Crippen LogP contribution in [0.4, 0.5) is 0 Å². The number of thiazole rings is 1. The van der Waals surface area contributed by atoms with E-state index in [1.807, 2.05) is 11.8 Å². The summed E-state index contributed by atoms with van der Waals surface area (Å²) in [5.41, 5.74) is 1.09. The first kappa shape index (κ1) is 22.4. The SMILES string of the molecule is CCNC(=NCc1nc(C)c(C)s1)N1CCN(C(=O)C2CCCO2)CC1.I. The van der Waals surface area contributed by atoms with Crippen molar-refractivity contribution in [3.05, 3.63) is 15.6 Å². The minimum atomic E-state index is -0.222. The Morgan fingerprint density at radius 2 is 2.00 bits per heavy atom. The van der Waals surface area contributed by atoms with E-state index in [1.165, 1.54) is 4.88 Å². The molecule has 2 aliphatic rings. The Hall–Kier alpha value is -0.940. The Balaban J connectivity index is 0.00000261. The summed E-state index contributed by atoms with van der Waals surface area (Å²) in [7, 11) is 0. The molecule has 0 aliphatic carbocycles. The number of carbonyl (C=O) groups is 1. The molecule has 0 spiro atoms. The van der Waals surface area contributed by atoms with Crippen molar-refractivity contribution in [3.8, 4) is 0 Å². The highest BCUT2D eigenvalue weighted by molar-refractivity contribution is 14.0. The number of hydrogen-bond acceptors (Lipinski definition) is 5. The van der Waals surface area contributed by atoms with Crippen LogP contribution in [0.2, 0.25) is 0 Å². The fourth-order valence-electron chi connectivity index (χ4n) is 3.29. The van der Waals surface area contributed by atoms with Crippen LogP contribution in [0.3, 0.4) is 0 Å². The molecule has 27 heavy (non-hydrogen) atoms. The van der Waals surface area contributed by atoms with E-state index in [1.54, 1.807) is 11.3 Å². The maximum Gasteiger partial charge on any atom is 0.251 e. The number of hydrogen-bond donors (Lipinski definition) is 1. The lowest BCUT2D eigenvalue weighted by molar-refractivity contribution is -0.142. The summed E-state index contributed by atoms with van der Waals surface area (Å²) in [4.78, 5) is 27.2. The quantitative estimate of drug-likeness (QED) is 0.385. The molecule has 0 aromatic carbocycles. The molecular formula is C18H30IN5O2S. The molecule has 1 atom stereocenters. The van der Waals surface area contributed by atoms with E-state index in [2.05, 4.69) is 29.0 Å². The number of nitrogens with zero attached hydrogens (tertiary/aromatic N) is 4. The average Bonchev–Trinajstić information content (AvgIpc) is 3.29. The second-order valence-electron chi connectivity index (χ2n) is 6.73. The van der Waals surface area contributed by atoms with Gasteiger partial charge < -0.3 is 19.9 Å². The van der Waals surface area contributed by atoms with Gasteiger partial charge in [0.1, 0.15) is 11.1 Å². The van der Waals surface area contributed by atoms with Gasteiger partial charge in [0.05, 0.1) is 12.2 Å². The van der Waals surface area contributed by atoms with Gasteiger partial charge in [0.15, 0.2) is 5.96 Å². The van der Waals surface area contributed by atoms with Crippen LogP contribution < -0.4 is 5.32 Å². The highest BCUT2D eigenvalue weighted by Gasteiger charge is 2.30. The number of rotatable bonds is 4. The zero-order valence-corrected chi connectivity index (χ0v) is 19.5. The molecule has 1 amide bonds. The van der Waals surface area contributed by atoms with Gasteiger partial charge in [0.2, 0.25) is 0 Å². The molecule has 3 rings (SSSR count). The van der Waals surface area contributed by atoms with Crippen LogP contribution in [0.25, 0.3) is 0 Å². The molecular weight excluding hydrogens is 477 g/mol. The molecule has 3 heterocycles. The van der Waals surface area contributed by atoms with Crippen molar-refractivity contribution in [1.29, 1.82) is 0 Å². The predicted octanol–water partition coefficient (Wildman–Crippen LogP) is 2.17. The number of aliphatic imine (C=N–C) groups is 1. The minimum absolute atomic E-state index is 0. The van der Waals surface area contributed by atoms with Crippen molar-refractivity contribution in [2.24, 2.45) is 4.99 Å². The average molecular weight is 507 g/mol. The lowest BCUT2D eigenvalue weighted by Crippen LogP contribution is -2.55. The topological polar surface area (TPSA) is 70.1 Å². The largest absolute Gasteiger partial charge is 0.368 e. The van der Waals surface area contributed by atoms with Gasteiger partial charge in [0.25, 0.3) is 5.91 Å². The molecule has 2 saturated heterocycles. The molecule has 0 bridgehead atoms. The Morgan fingerprint density at radius 1 is 1.30 bits per heavy atom. The normalized spacial score (nSPS) is 20.6. The first-order valence-electron chi connectivity index (χ1n) is 9.45. The molecule has 1 unspecified atom stereocenters. The maximum atomic E-state index is 12.5. The zero-order valence-electron chi connectivity index (χ0n) is 16.4. The van der Waals surface area contributed by atoms with E-state index >= 15 is 0 Å². The molecule has 1 aromatic heterocycles. The Bertz CT molecular complexity index is 633. The molecule has 0 radical (unpaired) electrons. The third kappa shape index (κ3) is 5.77. The van der Waals surface area contributed by atoms with Crippen molar-refractivity contribution in [3.63, 3.8) is 0 Å². The van der Waals surface area contributed by atoms with Crippen molar-refractivity contribution in [1.82, 2.24) is 20.1 Å². The smallest absolute Gasteiger partial charge is 0.251 e. The second kappa shape index (κ2) is 10.6. The monoisotopic (exact) mass is 507 g/mol. The van der Waals surface area contributed by atoms with E-state index in [-0.39, 0.29) is 36.0 Å². The first-order chi connectivity index (χ1) is 12.6. The molecule has 2 fully saturated rings. The Labute approximate surface area is 182 Å². The van der Waals surface area contributed by atoms with Gasteiger partial charge in [-0.2, -0.15) is 0 Å². The molecule has 2 aliphatic heterocycles. The number of aromatic nitrogens is 1. The number of halogens is 1.